The summed E-state index contributed by atoms with van der Waals surface area (Å²) in [7, 11) is 0. The van der Waals surface area contributed by atoms with E-state index in [4.69, 9.17) is 4.74 Å². The molecule has 0 aromatic carbocycles. The van der Waals surface area contributed by atoms with Gasteiger partial charge in [0.2, 0.25) is 0 Å². The molecule has 0 radical (unpaired) electrons. The van der Waals surface area contributed by atoms with Crippen LogP contribution in [0.15, 0.2) is 17.0 Å². The highest BCUT2D eigenvalue weighted by Crippen LogP contribution is 2.25. The number of halogens is 1. The van der Waals surface area contributed by atoms with E-state index in [9.17, 15) is 4.79 Å². The Morgan fingerprint density at radius 1 is 1.48 bits per heavy atom. The summed E-state index contributed by atoms with van der Waals surface area (Å²) in [6, 6.07) is 2.09. The third-order valence-electron chi connectivity index (χ3n) is 3.57. The normalized spacial score (nSPS) is 18.4. The number of aromatic amines is 1. The number of hydrogen-bond acceptors (Lipinski definition) is 5. The van der Waals surface area contributed by atoms with Crippen molar-refractivity contribution in [1.29, 1.82) is 0 Å². The molecule has 1 atom stereocenters. The Labute approximate surface area is 142 Å². The van der Waals surface area contributed by atoms with Crippen LogP contribution in [0.1, 0.15) is 27.2 Å². The molecule has 2 aromatic rings. The number of nitrogens with one attached hydrogen (secondary N) is 2. The number of fused-ring (bicyclic) bond motifs is 1. The lowest BCUT2D eigenvalue weighted by Crippen LogP contribution is -2.36. The molecule has 23 heavy (non-hydrogen) atoms. The maximum Gasteiger partial charge on any atom is 0.410 e. The van der Waals surface area contributed by atoms with Crippen LogP contribution in [0.2, 0.25) is 0 Å². The summed E-state index contributed by atoms with van der Waals surface area (Å²) in [5.41, 5.74) is 0.301. The molecule has 1 aliphatic rings. The van der Waals surface area contributed by atoms with E-state index in [0.717, 1.165) is 27.9 Å². The fourth-order valence-electron chi connectivity index (χ4n) is 2.59. The number of nitrogens with zero attached hydrogens (tertiary/aromatic N) is 3. The number of anilines is 1. The molecule has 0 saturated carbocycles. The number of H-pyrrole nitrogens is 1. The average molecular weight is 382 g/mol. The number of carbonyl (C=O) groups is 1. The van der Waals surface area contributed by atoms with Gasteiger partial charge in [0.05, 0.1) is 9.99 Å². The Morgan fingerprint density at radius 2 is 2.26 bits per heavy atom. The fourth-order valence-corrected chi connectivity index (χ4v) is 3.00. The number of ether oxygens (including phenoxy) is 1. The molecule has 0 unspecified atom stereocenters. The monoisotopic (exact) mass is 381 g/mol. The number of aromatic nitrogens is 3. The van der Waals surface area contributed by atoms with Crippen molar-refractivity contribution in [3.8, 4) is 0 Å². The first kappa shape index (κ1) is 16.0. The van der Waals surface area contributed by atoms with E-state index >= 15 is 0 Å². The van der Waals surface area contributed by atoms with Gasteiger partial charge in [-0.05, 0) is 49.2 Å². The molecule has 3 rings (SSSR count). The van der Waals surface area contributed by atoms with E-state index in [2.05, 4.69) is 36.2 Å². The smallest absolute Gasteiger partial charge is 0.410 e. The van der Waals surface area contributed by atoms with Gasteiger partial charge in [-0.1, -0.05) is 0 Å². The number of carbonyl (C=O) groups excluding carboxylic acids is 1. The van der Waals surface area contributed by atoms with Crippen LogP contribution in [0.4, 0.5) is 10.6 Å². The maximum absolute atomic E-state index is 12.1. The van der Waals surface area contributed by atoms with Crippen LogP contribution in [0, 0.1) is 0 Å². The van der Waals surface area contributed by atoms with Gasteiger partial charge in [-0.15, -0.1) is 0 Å². The van der Waals surface area contributed by atoms with Crippen molar-refractivity contribution in [2.75, 3.05) is 18.4 Å². The lowest BCUT2D eigenvalue weighted by molar-refractivity contribution is 0.0293. The van der Waals surface area contributed by atoms with Crippen LogP contribution in [0.25, 0.3) is 11.0 Å². The topological polar surface area (TPSA) is 83.1 Å². The minimum atomic E-state index is -0.473. The van der Waals surface area contributed by atoms with Crippen molar-refractivity contribution in [3.63, 3.8) is 0 Å². The van der Waals surface area contributed by atoms with E-state index in [1.807, 2.05) is 26.8 Å². The van der Waals surface area contributed by atoms with E-state index in [1.165, 1.54) is 6.33 Å². The van der Waals surface area contributed by atoms with Crippen LogP contribution in [0.5, 0.6) is 0 Å². The molecule has 1 fully saturated rings. The average Bonchev–Trinajstić information content (AvgIpc) is 3.03. The van der Waals surface area contributed by atoms with E-state index in [1.54, 1.807) is 4.90 Å². The van der Waals surface area contributed by atoms with Gasteiger partial charge in [-0.25, -0.2) is 14.8 Å². The van der Waals surface area contributed by atoms with E-state index < -0.39 is 5.60 Å². The number of amides is 1. The molecule has 7 nitrogen and oxygen atoms in total. The lowest BCUT2D eigenvalue weighted by atomic mass is 10.2. The molecule has 1 saturated heterocycles. The van der Waals surface area contributed by atoms with Crippen molar-refractivity contribution >= 4 is 38.9 Å². The zero-order chi connectivity index (χ0) is 16.6. The number of likely N-dealkylation sites (tertiary alicyclic amines) is 1. The lowest BCUT2D eigenvalue weighted by Gasteiger charge is -2.24. The number of rotatable bonds is 2. The Hall–Kier alpha value is -1.83. The van der Waals surface area contributed by atoms with Gasteiger partial charge in [0, 0.05) is 19.1 Å². The Morgan fingerprint density at radius 3 is 3.00 bits per heavy atom. The van der Waals surface area contributed by atoms with Crippen LogP contribution in [-0.4, -0.2) is 50.7 Å². The quantitative estimate of drug-likeness (QED) is 0.834. The largest absolute Gasteiger partial charge is 0.444 e. The minimum Gasteiger partial charge on any atom is -0.444 e. The second-order valence-electron chi connectivity index (χ2n) is 6.66. The Kier molecular flexibility index (Phi) is 4.18. The van der Waals surface area contributed by atoms with Gasteiger partial charge in [-0.2, -0.15) is 0 Å². The van der Waals surface area contributed by atoms with Crippen molar-refractivity contribution in [2.24, 2.45) is 0 Å². The molecular weight excluding hydrogens is 362 g/mol. The Balaban J connectivity index is 1.66. The highest BCUT2D eigenvalue weighted by Gasteiger charge is 2.30. The molecule has 0 aliphatic carbocycles. The molecule has 3 heterocycles. The summed E-state index contributed by atoms with van der Waals surface area (Å²) in [6.45, 7) is 6.90. The van der Waals surface area contributed by atoms with E-state index in [0.29, 0.717) is 13.1 Å². The van der Waals surface area contributed by atoms with Crippen molar-refractivity contribution in [2.45, 2.75) is 38.8 Å². The highest BCUT2D eigenvalue weighted by atomic mass is 79.9. The van der Waals surface area contributed by atoms with Gasteiger partial charge >= 0.3 is 6.09 Å². The summed E-state index contributed by atoms with van der Waals surface area (Å²) in [6.07, 6.45) is 2.11. The standard InChI is InChI=1S/C15H20BrN5O2/c1-15(2,3)23-14(22)21-5-4-9(7-21)19-12-10-6-11(16)20-13(10)18-8-17-12/h6,8-9H,4-5,7H2,1-3H3,(H2,17,18,19,20)/t9-/m0/s1. The number of hydrogen-bond donors (Lipinski definition) is 2. The SMILES string of the molecule is CC(C)(C)OC(=O)N1CC[C@H](Nc2ncnc3[nH]c(Br)cc23)C1. The highest BCUT2D eigenvalue weighted by molar-refractivity contribution is 9.10. The first-order chi connectivity index (χ1) is 10.8. The van der Waals surface area contributed by atoms with Gasteiger partial charge in [0.1, 0.15) is 23.4 Å². The van der Waals surface area contributed by atoms with Crippen LogP contribution >= 0.6 is 15.9 Å². The fraction of sp³-hybridized carbons (Fsp3) is 0.533. The zero-order valence-corrected chi connectivity index (χ0v) is 15.0. The van der Waals surface area contributed by atoms with Gasteiger partial charge in [0.15, 0.2) is 0 Å². The van der Waals surface area contributed by atoms with Crippen molar-refractivity contribution < 1.29 is 9.53 Å². The second-order valence-corrected chi connectivity index (χ2v) is 7.51. The summed E-state index contributed by atoms with van der Waals surface area (Å²) < 4.78 is 6.28. The van der Waals surface area contributed by atoms with Crippen molar-refractivity contribution in [3.05, 3.63) is 17.0 Å². The molecule has 0 bridgehead atoms. The summed E-state index contributed by atoms with van der Waals surface area (Å²) in [5, 5.41) is 4.33. The molecule has 1 aliphatic heterocycles. The summed E-state index contributed by atoms with van der Waals surface area (Å²) in [4.78, 5) is 25.5. The predicted molar refractivity (Wildman–Crippen MR) is 91.4 cm³/mol. The first-order valence-corrected chi connectivity index (χ1v) is 8.35. The molecule has 1 amide bonds. The zero-order valence-electron chi connectivity index (χ0n) is 13.4. The third-order valence-corrected chi connectivity index (χ3v) is 4.00. The van der Waals surface area contributed by atoms with Crippen LogP contribution in [0.3, 0.4) is 0 Å². The molecule has 2 aromatic heterocycles. The molecule has 124 valence electrons. The second kappa shape index (κ2) is 5.99. The van der Waals surface area contributed by atoms with Crippen LogP contribution in [-0.2, 0) is 4.74 Å². The van der Waals surface area contributed by atoms with Gasteiger partial charge in [-0.3, -0.25) is 0 Å². The van der Waals surface area contributed by atoms with Crippen LogP contribution < -0.4 is 5.32 Å². The predicted octanol–water partition coefficient (Wildman–Crippen LogP) is 3.14. The van der Waals surface area contributed by atoms with Gasteiger partial charge in [0.25, 0.3) is 0 Å². The van der Waals surface area contributed by atoms with Crippen molar-refractivity contribution in [1.82, 2.24) is 19.9 Å². The molecular formula is C15H20BrN5O2. The summed E-state index contributed by atoms with van der Waals surface area (Å²) in [5.74, 6) is 0.771. The van der Waals surface area contributed by atoms with Gasteiger partial charge < -0.3 is 19.9 Å². The summed E-state index contributed by atoms with van der Waals surface area (Å²) >= 11 is 3.41. The molecule has 8 heteroatoms. The molecule has 0 spiro atoms. The van der Waals surface area contributed by atoms with E-state index in [-0.39, 0.29) is 12.1 Å². The minimum absolute atomic E-state index is 0.147. The first-order valence-electron chi connectivity index (χ1n) is 7.55. The Bertz CT molecular complexity index is 724. The maximum atomic E-state index is 12.1. The molecule has 2 N–H and O–H groups in total. The third kappa shape index (κ3) is 3.74.